The van der Waals surface area contributed by atoms with E-state index in [4.69, 9.17) is 4.98 Å². The van der Waals surface area contributed by atoms with Crippen LogP contribution < -0.4 is 0 Å². The lowest BCUT2D eigenvalue weighted by Gasteiger charge is -2.16. The summed E-state index contributed by atoms with van der Waals surface area (Å²) in [6, 6.07) is 32.9. The highest BCUT2D eigenvalue weighted by Crippen LogP contribution is 2.41. The van der Waals surface area contributed by atoms with Gasteiger partial charge in [-0.15, -0.1) is 0 Å². The minimum Gasteiger partial charge on any atom is -0.248 e. The second-order valence-electron chi connectivity index (χ2n) is 8.22. The standard InChI is InChI=1S/C29H21N/c1-18-8-12-23-21(16-18)10-14-25-28(23)27(20-6-4-3-5-7-20)29-24-13-9-19(2)17-22(24)11-15-26(29)30-25/h3-17H,1-2H3. The molecule has 1 heterocycles. The molecule has 0 radical (unpaired) electrons. The summed E-state index contributed by atoms with van der Waals surface area (Å²) >= 11 is 0. The molecule has 1 aromatic heterocycles. The number of hydrogen-bond acceptors (Lipinski definition) is 1. The van der Waals surface area contributed by atoms with E-state index in [2.05, 4.69) is 105 Å². The van der Waals surface area contributed by atoms with Crippen molar-refractivity contribution >= 4 is 43.4 Å². The maximum absolute atomic E-state index is 5.11. The Balaban J connectivity index is 1.94. The van der Waals surface area contributed by atoms with Crippen LogP contribution in [0.4, 0.5) is 0 Å². The number of aromatic nitrogens is 1. The van der Waals surface area contributed by atoms with Gasteiger partial charge in [-0.1, -0.05) is 90.0 Å². The fraction of sp³-hybridized carbons (Fsp3) is 0.0690. The van der Waals surface area contributed by atoms with Gasteiger partial charge in [0.15, 0.2) is 0 Å². The number of fused-ring (bicyclic) bond motifs is 6. The Labute approximate surface area is 175 Å². The van der Waals surface area contributed by atoms with Crippen molar-refractivity contribution < 1.29 is 0 Å². The predicted octanol–water partition coefficient (Wildman–Crippen LogP) is 7.98. The second kappa shape index (κ2) is 6.40. The average molecular weight is 383 g/mol. The van der Waals surface area contributed by atoms with E-state index in [0.717, 1.165) is 11.0 Å². The molecule has 0 spiro atoms. The number of aryl methyl sites for hydroxylation is 2. The predicted molar refractivity (Wildman–Crippen MR) is 129 cm³/mol. The Morgan fingerprint density at radius 2 is 1.07 bits per heavy atom. The Bertz CT molecular complexity index is 1490. The van der Waals surface area contributed by atoms with Gasteiger partial charge in [-0.2, -0.15) is 0 Å². The van der Waals surface area contributed by atoms with Crippen LogP contribution in [0.2, 0.25) is 0 Å². The van der Waals surface area contributed by atoms with Crippen molar-refractivity contribution in [1.82, 2.24) is 4.98 Å². The molecular weight excluding hydrogens is 362 g/mol. The summed E-state index contributed by atoms with van der Waals surface area (Å²) in [6.07, 6.45) is 0. The summed E-state index contributed by atoms with van der Waals surface area (Å²) in [4.78, 5) is 5.11. The van der Waals surface area contributed by atoms with E-state index in [9.17, 15) is 0 Å². The molecule has 142 valence electrons. The van der Waals surface area contributed by atoms with Gasteiger partial charge in [0, 0.05) is 16.3 Å². The SMILES string of the molecule is Cc1ccc2c(ccc3nc4ccc5cc(C)ccc5c4c(-c4ccccc4)c32)c1. The van der Waals surface area contributed by atoms with Gasteiger partial charge >= 0.3 is 0 Å². The van der Waals surface area contributed by atoms with Crippen LogP contribution >= 0.6 is 0 Å². The van der Waals surface area contributed by atoms with Gasteiger partial charge in [0.05, 0.1) is 11.0 Å². The summed E-state index contributed by atoms with van der Waals surface area (Å²) in [6.45, 7) is 4.30. The molecule has 1 heteroatoms. The first kappa shape index (κ1) is 17.2. The summed E-state index contributed by atoms with van der Waals surface area (Å²) in [7, 11) is 0. The first-order valence-electron chi connectivity index (χ1n) is 10.4. The maximum atomic E-state index is 5.11. The topological polar surface area (TPSA) is 12.9 Å². The highest BCUT2D eigenvalue weighted by molar-refractivity contribution is 6.25. The summed E-state index contributed by atoms with van der Waals surface area (Å²) < 4.78 is 0. The van der Waals surface area contributed by atoms with Crippen LogP contribution in [-0.2, 0) is 0 Å². The van der Waals surface area contributed by atoms with Crippen molar-refractivity contribution in [3.63, 3.8) is 0 Å². The van der Waals surface area contributed by atoms with Gasteiger partial charge in [-0.3, -0.25) is 0 Å². The molecule has 6 rings (SSSR count). The molecule has 5 aromatic carbocycles. The van der Waals surface area contributed by atoms with Crippen molar-refractivity contribution in [2.75, 3.05) is 0 Å². The summed E-state index contributed by atoms with van der Waals surface area (Å²) in [5.41, 5.74) is 7.15. The number of nitrogens with zero attached hydrogens (tertiary/aromatic N) is 1. The molecule has 0 saturated carbocycles. The van der Waals surface area contributed by atoms with Crippen LogP contribution in [0.1, 0.15) is 11.1 Å². The lowest BCUT2D eigenvalue weighted by Crippen LogP contribution is -1.92. The average Bonchev–Trinajstić information content (AvgIpc) is 2.77. The summed E-state index contributed by atoms with van der Waals surface area (Å²) in [5, 5.41) is 7.51. The van der Waals surface area contributed by atoms with Crippen LogP contribution in [0.25, 0.3) is 54.5 Å². The molecule has 1 nitrogen and oxygen atoms in total. The van der Waals surface area contributed by atoms with Crippen molar-refractivity contribution in [2.24, 2.45) is 0 Å². The van der Waals surface area contributed by atoms with E-state index >= 15 is 0 Å². The third kappa shape index (κ3) is 2.52. The number of hydrogen-bond donors (Lipinski definition) is 0. The van der Waals surface area contributed by atoms with Crippen molar-refractivity contribution in [3.05, 3.63) is 102 Å². The minimum atomic E-state index is 1.05. The molecule has 0 fully saturated rings. The number of benzene rings is 5. The number of pyridine rings is 1. The van der Waals surface area contributed by atoms with Gasteiger partial charge in [-0.25, -0.2) is 4.98 Å². The molecule has 0 atom stereocenters. The number of rotatable bonds is 1. The first-order valence-corrected chi connectivity index (χ1v) is 10.4. The zero-order valence-corrected chi connectivity index (χ0v) is 17.1. The van der Waals surface area contributed by atoms with Gasteiger partial charge in [-0.05, 0) is 53.1 Å². The molecule has 0 aliphatic carbocycles. The van der Waals surface area contributed by atoms with Crippen molar-refractivity contribution in [3.8, 4) is 11.1 Å². The molecule has 0 saturated heterocycles. The fourth-order valence-corrected chi connectivity index (χ4v) is 4.74. The van der Waals surface area contributed by atoms with E-state index in [1.54, 1.807) is 0 Å². The first-order chi connectivity index (χ1) is 14.7. The van der Waals surface area contributed by atoms with Crippen LogP contribution in [-0.4, -0.2) is 4.98 Å². The van der Waals surface area contributed by atoms with Crippen LogP contribution in [0.3, 0.4) is 0 Å². The van der Waals surface area contributed by atoms with E-state index in [1.807, 2.05) is 0 Å². The van der Waals surface area contributed by atoms with Gasteiger partial charge in [0.1, 0.15) is 0 Å². The molecule has 0 amide bonds. The van der Waals surface area contributed by atoms with Gasteiger partial charge in [0.25, 0.3) is 0 Å². The van der Waals surface area contributed by atoms with E-state index in [1.165, 1.54) is 54.6 Å². The van der Waals surface area contributed by atoms with E-state index in [0.29, 0.717) is 0 Å². The van der Waals surface area contributed by atoms with Crippen LogP contribution in [0, 0.1) is 13.8 Å². The van der Waals surface area contributed by atoms with Crippen LogP contribution in [0.15, 0.2) is 91.0 Å². The summed E-state index contributed by atoms with van der Waals surface area (Å²) in [5.74, 6) is 0. The van der Waals surface area contributed by atoms with Crippen LogP contribution in [0.5, 0.6) is 0 Å². The Morgan fingerprint density at radius 1 is 0.533 bits per heavy atom. The Morgan fingerprint density at radius 3 is 1.60 bits per heavy atom. The highest BCUT2D eigenvalue weighted by atomic mass is 14.7. The zero-order chi connectivity index (χ0) is 20.2. The highest BCUT2D eigenvalue weighted by Gasteiger charge is 2.16. The molecular formula is C29H21N. The normalized spacial score (nSPS) is 11.7. The molecule has 6 aromatic rings. The molecule has 0 N–H and O–H groups in total. The third-order valence-electron chi connectivity index (χ3n) is 6.11. The maximum Gasteiger partial charge on any atom is 0.0722 e. The van der Waals surface area contributed by atoms with E-state index in [-0.39, 0.29) is 0 Å². The minimum absolute atomic E-state index is 1.05. The van der Waals surface area contributed by atoms with Gasteiger partial charge in [0.2, 0.25) is 0 Å². The molecule has 0 aliphatic heterocycles. The lowest BCUT2D eigenvalue weighted by atomic mass is 9.90. The van der Waals surface area contributed by atoms with Gasteiger partial charge < -0.3 is 0 Å². The largest absolute Gasteiger partial charge is 0.248 e. The van der Waals surface area contributed by atoms with Crippen molar-refractivity contribution in [1.29, 1.82) is 0 Å². The molecule has 0 aliphatic rings. The van der Waals surface area contributed by atoms with Crippen molar-refractivity contribution in [2.45, 2.75) is 13.8 Å². The quantitative estimate of drug-likeness (QED) is 0.207. The van der Waals surface area contributed by atoms with E-state index < -0.39 is 0 Å². The second-order valence-corrected chi connectivity index (χ2v) is 8.22. The monoisotopic (exact) mass is 383 g/mol. The molecule has 0 bridgehead atoms. The molecule has 30 heavy (non-hydrogen) atoms. The smallest absolute Gasteiger partial charge is 0.0722 e. The third-order valence-corrected chi connectivity index (χ3v) is 6.11. The Kier molecular flexibility index (Phi) is 3.66. The zero-order valence-electron chi connectivity index (χ0n) is 17.1. The fourth-order valence-electron chi connectivity index (χ4n) is 4.74. The Hall–Kier alpha value is -3.71. The lowest BCUT2D eigenvalue weighted by molar-refractivity contribution is 1.48. The molecule has 0 unspecified atom stereocenters.